The summed E-state index contributed by atoms with van der Waals surface area (Å²) in [4.78, 5) is 10.7. The topological polar surface area (TPSA) is 99.0 Å². The maximum absolute atomic E-state index is 10.7. The van der Waals surface area contributed by atoms with E-state index in [-0.39, 0.29) is 0 Å². The molecule has 14 heavy (non-hydrogen) atoms. The third-order valence-electron chi connectivity index (χ3n) is 2.23. The molecule has 0 unspecified atom stereocenters. The third-order valence-corrected chi connectivity index (χ3v) is 2.23. The van der Waals surface area contributed by atoms with E-state index in [4.69, 9.17) is 4.74 Å². The van der Waals surface area contributed by atoms with Gasteiger partial charge in [0.25, 0.3) is 0 Å². The lowest BCUT2D eigenvalue weighted by Gasteiger charge is -2.39. The second-order valence-corrected chi connectivity index (χ2v) is 3.44. The number of nitrogens with one attached hydrogen (secondary N) is 1. The van der Waals surface area contributed by atoms with Gasteiger partial charge < -0.3 is 25.4 Å². The Morgan fingerprint density at radius 1 is 1.29 bits per heavy atom. The molecule has 1 heterocycles. The van der Waals surface area contributed by atoms with Crippen molar-refractivity contribution in [3.05, 3.63) is 0 Å². The number of carbonyl (C=O) groups is 1. The van der Waals surface area contributed by atoms with Crippen LogP contribution in [0.5, 0.6) is 0 Å². The molecule has 1 amide bonds. The van der Waals surface area contributed by atoms with Crippen LogP contribution in [-0.4, -0.2) is 51.9 Å². The Morgan fingerprint density at radius 2 is 1.86 bits per heavy atom. The zero-order chi connectivity index (χ0) is 10.9. The van der Waals surface area contributed by atoms with E-state index in [1.807, 2.05) is 0 Å². The molecular formula is C8H15NO5. The van der Waals surface area contributed by atoms with Crippen molar-refractivity contribution in [1.29, 1.82) is 0 Å². The van der Waals surface area contributed by atoms with Crippen LogP contribution >= 0.6 is 0 Å². The minimum atomic E-state index is -1.30. The molecule has 0 aliphatic carbocycles. The number of amides is 1. The maximum atomic E-state index is 10.7. The highest BCUT2D eigenvalue weighted by Gasteiger charge is 2.42. The van der Waals surface area contributed by atoms with Crippen molar-refractivity contribution in [3.63, 3.8) is 0 Å². The molecule has 0 bridgehead atoms. The minimum absolute atomic E-state index is 0.404. The molecule has 4 N–H and O–H groups in total. The Balaban J connectivity index is 2.68. The van der Waals surface area contributed by atoms with Crippen molar-refractivity contribution in [1.82, 2.24) is 5.32 Å². The summed E-state index contributed by atoms with van der Waals surface area (Å²) < 4.78 is 4.91. The van der Waals surface area contributed by atoms with Crippen LogP contribution in [-0.2, 0) is 9.53 Å². The van der Waals surface area contributed by atoms with Crippen LogP contribution in [0.1, 0.15) is 13.8 Å². The normalized spacial score (nSPS) is 43.4. The van der Waals surface area contributed by atoms with Gasteiger partial charge in [-0.1, -0.05) is 0 Å². The van der Waals surface area contributed by atoms with Crippen molar-refractivity contribution in [2.75, 3.05) is 0 Å². The van der Waals surface area contributed by atoms with Gasteiger partial charge in [0.1, 0.15) is 18.2 Å². The molecule has 0 aromatic heterocycles. The second-order valence-electron chi connectivity index (χ2n) is 3.44. The molecule has 1 saturated heterocycles. The van der Waals surface area contributed by atoms with E-state index < -0.39 is 36.6 Å². The molecule has 1 aliphatic rings. The zero-order valence-corrected chi connectivity index (χ0v) is 8.04. The maximum Gasteiger partial charge on any atom is 0.217 e. The molecule has 0 aromatic rings. The Morgan fingerprint density at radius 3 is 2.36 bits per heavy atom. The molecule has 0 spiro atoms. The van der Waals surface area contributed by atoms with E-state index in [1.165, 1.54) is 13.8 Å². The molecule has 1 fully saturated rings. The van der Waals surface area contributed by atoms with Gasteiger partial charge in [-0.15, -0.1) is 0 Å². The first-order valence-corrected chi connectivity index (χ1v) is 4.40. The second kappa shape index (κ2) is 4.22. The van der Waals surface area contributed by atoms with Crippen molar-refractivity contribution < 1.29 is 24.9 Å². The molecule has 0 saturated carbocycles. The predicted molar refractivity (Wildman–Crippen MR) is 46.2 cm³/mol. The smallest absolute Gasteiger partial charge is 0.217 e. The highest BCUT2D eigenvalue weighted by Crippen LogP contribution is 2.19. The van der Waals surface area contributed by atoms with Crippen LogP contribution in [0.4, 0.5) is 0 Å². The number of aliphatic hydroxyl groups excluding tert-OH is 3. The summed E-state index contributed by atoms with van der Waals surface area (Å²) in [7, 11) is 0. The molecular weight excluding hydrogens is 190 g/mol. The molecule has 82 valence electrons. The van der Waals surface area contributed by atoms with E-state index in [0.29, 0.717) is 0 Å². The van der Waals surface area contributed by atoms with Gasteiger partial charge in [0.05, 0.1) is 6.10 Å². The number of ether oxygens (including phenoxy) is 1. The number of hydrogen-bond donors (Lipinski definition) is 4. The summed E-state index contributed by atoms with van der Waals surface area (Å²) in [5.41, 5.74) is 0. The highest BCUT2D eigenvalue weighted by molar-refractivity contribution is 5.73. The molecule has 1 rings (SSSR count). The molecule has 6 heteroatoms. The first-order valence-electron chi connectivity index (χ1n) is 4.40. The van der Waals surface area contributed by atoms with Crippen molar-refractivity contribution >= 4 is 5.91 Å². The number of carbonyl (C=O) groups excluding carboxylic acids is 1. The van der Waals surface area contributed by atoms with Crippen LogP contribution in [0.15, 0.2) is 0 Å². The number of aliphatic hydroxyl groups is 3. The average Bonchev–Trinajstić information content (AvgIpc) is 2.09. The van der Waals surface area contributed by atoms with Crippen LogP contribution in [0.25, 0.3) is 0 Å². The van der Waals surface area contributed by atoms with Crippen molar-refractivity contribution in [2.24, 2.45) is 0 Å². The predicted octanol–water partition coefficient (Wildman–Crippen LogP) is -2.05. The van der Waals surface area contributed by atoms with E-state index in [2.05, 4.69) is 5.32 Å². The standard InChI is InChI=1S/C8H15NO5/c1-3-6(11)7(12)5(8(13)14-3)9-4(2)10/h3,5-8,11-13H,1-2H3,(H,9,10)/t3-,5-,6+,7-,8+/m0/s1. The summed E-state index contributed by atoms with van der Waals surface area (Å²) in [6.07, 6.45) is -4.30. The summed E-state index contributed by atoms with van der Waals surface area (Å²) in [5, 5.41) is 30.6. The van der Waals surface area contributed by atoms with Gasteiger partial charge in [-0.3, -0.25) is 4.79 Å². The lowest BCUT2D eigenvalue weighted by molar-refractivity contribution is -0.242. The Kier molecular flexibility index (Phi) is 3.43. The van der Waals surface area contributed by atoms with Crippen LogP contribution < -0.4 is 5.32 Å². The summed E-state index contributed by atoms with van der Waals surface area (Å²) in [6.45, 7) is 2.78. The molecule has 0 aromatic carbocycles. The SMILES string of the molecule is CC(=O)N[C@H]1[C@H](O)[C@H](O)[C@H](C)O[C@H]1O. The van der Waals surface area contributed by atoms with Gasteiger partial charge in [0, 0.05) is 6.92 Å². The molecule has 0 radical (unpaired) electrons. The van der Waals surface area contributed by atoms with Crippen LogP contribution in [0.2, 0.25) is 0 Å². The highest BCUT2D eigenvalue weighted by atomic mass is 16.6. The monoisotopic (exact) mass is 205 g/mol. The van der Waals surface area contributed by atoms with Gasteiger partial charge >= 0.3 is 0 Å². The summed E-state index contributed by atoms with van der Waals surface area (Å²) in [6, 6.07) is -0.987. The molecule has 1 aliphatic heterocycles. The summed E-state index contributed by atoms with van der Waals surface area (Å²) >= 11 is 0. The Bertz CT molecular complexity index is 222. The van der Waals surface area contributed by atoms with Gasteiger partial charge in [0.2, 0.25) is 5.91 Å². The van der Waals surface area contributed by atoms with Crippen molar-refractivity contribution in [2.45, 2.75) is 44.5 Å². The number of rotatable bonds is 1. The minimum Gasteiger partial charge on any atom is -0.388 e. The zero-order valence-electron chi connectivity index (χ0n) is 8.04. The number of hydrogen-bond acceptors (Lipinski definition) is 5. The Hall–Kier alpha value is -0.690. The van der Waals surface area contributed by atoms with E-state index in [1.54, 1.807) is 0 Å². The quantitative estimate of drug-likeness (QED) is 0.395. The van der Waals surface area contributed by atoms with Crippen LogP contribution in [0, 0.1) is 0 Å². The lowest BCUT2D eigenvalue weighted by Crippen LogP contribution is -2.62. The van der Waals surface area contributed by atoms with Gasteiger partial charge in [0.15, 0.2) is 6.29 Å². The van der Waals surface area contributed by atoms with E-state index in [0.717, 1.165) is 0 Å². The first kappa shape index (κ1) is 11.4. The largest absolute Gasteiger partial charge is 0.388 e. The lowest BCUT2D eigenvalue weighted by atomic mass is 9.98. The third kappa shape index (κ3) is 2.21. The fraction of sp³-hybridized carbons (Fsp3) is 0.875. The average molecular weight is 205 g/mol. The van der Waals surface area contributed by atoms with Crippen LogP contribution in [0.3, 0.4) is 0 Å². The van der Waals surface area contributed by atoms with Crippen molar-refractivity contribution in [3.8, 4) is 0 Å². The Labute approximate surface area is 81.5 Å². The molecule has 5 atom stereocenters. The van der Waals surface area contributed by atoms with Gasteiger partial charge in [-0.05, 0) is 6.92 Å². The van der Waals surface area contributed by atoms with E-state index >= 15 is 0 Å². The molecule has 6 nitrogen and oxygen atoms in total. The first-order chi connectivity index (χ1) is 6.43. The fourth-order valence-corrected chi connectivity index (χ4v) is 1.44. The van der Waals surface area contributed by atoms with Gasteiger partial charge in [-0.25, -0.2) is 0 Å². The summed E-state index contributed by atoms with van der Waals surface area (Å²) in [5.74, 6) is -0.404. The fourth-order valence-electron chi connectivity index (χ4n) is 1.44. The van der Waals surface area contributed by atoms with E-state index in [9.17, 15) is 20.1 Å². The van der Waals surface area contributed by atoms with Gasteiger partial charge in [-0.2, -0.15) is 0 Å².